The molecule has 2 rings (SSSR count). The molecule has 7 heteroatoms. The van der Waals surface area contributed by atoms with Crippen LogP contribution in [0.2, 0.25) is 0 Å². The Morgan fingerprint density at radius 2 is 1.75 bits per heavy atom. The van der Waals surface area contributed by atoms with Gasteiger partial charge in [-0.25, -0.2) is 4.79 Å². The van der Waals surface area contributed by atoms with Gasteiger partial charge >= 0.3 is 6.09 Å². The first-order chi connectivity index (χ1) is 13.5. The van der Waals surface area contributed by atoms with Crippen LogP contribution in [0.4, 0.5) is 4.79 Å². The average molecular weight is 396 g/mol. The summed E-state index contributed by atoms with van der Waals surface area (Å²) in [5.74, 6) is 1.48. The van der Waals surface area contributed by atoms with Crippen molar-refractivity contribution >= 4 is 12.1 Å². The largest absolute Gasteiger partial charge is 0.450 e. The van der Waals surface area contributed by atoms with Crippen molar-refractivity contribution in [1.82, 2.24) is 20.4 Å². The molecule has 0 aromatic carbocycles. The summed E-state index contributed by atoms with van der Waals surface area (Å²) in [7, 11) is 1.83. The number of carbonyl (C=O) groups excluding carboxylic acids is 1. The number of aliphatic imine (C=N–C) groups is 1. The third-order valence-electron chi connectivity index (χ3n) is 5.94. The monoisotopic (exact) mass is 395 g/mol. The second-order valence-electron chi connectivity index (χ2n) is 8.32. The minimum atomic E-state index is -0.194. The Morgan fingerprint density at radius 1 is 1.11 bits per heavy atom. The molecule has 2 saturated heterocycles. The lowest BCUT2D eigenvalue weighted by Gasteiger charge is -2.35. The van der Waals surface area contributed by atoms with Gasteiger partial charge in [0.05, 0.1) is 6.61 Å². The maximum Gasteiger partial charge on any atom is 0.409 e. The molecule has 0 aromatic rings. The summed E-state index contributed by atoms with van der Waals surface area (Å²) in [5.41, 5.74) is 0. The van der Waals surface area contributed by atoms with Gasteiger partial charge in [0, 0.05) is 38.8 Å². The lowest BCUT2D eigenvalue weighted by Crippen LogP contribution is -2.53. The van der Waals surface area contributed by atoms with E-state index in [9.17, 15) is 4.79 Å². The fraction of sp³-hybridized carbons (Fsp3) is 0.905. The van der Waals surface area contributed by atoms with Gasteiger partial charge in [-0.2, -0.15) is 0 Å². The number of likely N-dealkylation sites (tertiary alicyclic amines) is 2. The van der Waals surface area contributed by atoms with Crippen LogP contribution in [-0.4, -0.2) is 80.3 Å². The van der Waals surface area contributed by atoms with Gasteiger partial charge in [-0.1, -0.05) is 26.7 Å². The van der Waals surface area contributed by atoms with Crippen LogP contribution in [-0.2, 0) is 4.74 Å². The number of hydrogen-bond donors (Lipinski definition) is 2. The number of rotatable bonds is 6. The molecule has 28 heavy (non-hydrogen) atoms. The van der Waals surface area contributed by atoms with Crippen molar-refractivity contribution in [2.75, 3.05) is 46.4 Å². The molecule has 2 aliphatic heterocycles. The van der Waals surface area contributed by atoms with Crippen molar-refractivity contribution in [1.29, 1.82) is 0 Å². The third-order valence-corrected chi connectivity index (χ3v) is 5.94. The Balaban J connectivity index is 1.79. The van der Waals surface area contributed by atoms with E-state index in [-0.39, 0.29) is 6.09 Å². The highest BCUT2D eigenvalue weighted by Gasteiger charge is 2.25. The van der Waals surface area contributed by atoms with E-state index >= 15 is 0 Å². The lowest BCUT2D eigenvalue weighted by molar-refractivity contribution is 0.0962. The maximum atomic E-state index is 11.8. The van der Waals surface area contributed by atoms with E-state index in [1.54, 1.807) is 4.90 Å². The van der Waals surface area contributed by atoms with Gasteiger partial charge < -0.3 is 20.3 Å². The summed E-state index contributed by atoms with van der Waals surface area (Å²) in [6, 6.07) is 0.870. The van der Waals surface area contributed by atoms with Crippen LogP contribution in [0.25, 0.3) is 0 Å². The number of piperidine rings is 1. The molecule has 1 unspecified atom stereocenters. The number of hydrogen-bond acceptors (Lipinski definition) is 4. The molecule has 0 radical (unpaired) electrons. The fourth-order valence-corrected chi connectivity index (χ4v) is 4.22. The highest BCUT2D eigenvalue weighted by atomic mass is 16.6. The quantitative estimate of drug-likeness (QED) is 0.535. The van der Waals surface area contributed by atoms with Crippen LogP contribution in [0.15, 0.2) is 4.99 Å². The van der Waals surface area contributed by atoms with E-state index in [1.807, 2.05) is 14.0 Å². The molecule has 0 saturated carbocycles. The topological polar surface area (TPSA) is 69.2 Å². The molecule has 162 valence electrons. The van der Waals surface area contributed by atoms with Crippen molar-refractivity contribution in [2.24, 2.45) is 10.9 Å². The third kappa shape index (κ3) is 7.15. The fourth-order valence-electron chi connectivity index (χ4n) is 4.22. The van der Waals surface area contributed by atoms with Gasteiger partial charge in [0.1, 0.15) is 0 Å². The van der Waals surface area contributed by atoms with Crippen LogP contribution >= 0.6 is 0 Å². The van der Waals surface area contributed by atoms with Gasteiger partial charge in [-0.15, -0.1) is 0 Å². The molecule has 7 nitrogen and oxygen atoms in total. The van der Waals surface area contributed by atoms with E-state index in [1.165, 1.54) is 38.8 Å². The Kier molecular flexibility index (Phi) is 9.88. The Hall–Kier alpha value is -1.50. The number of ether oxygens (including phenoxy) is 1. The number of nitrogens with one attached hydrogen (secondary N) is 2. The molecule has 2 aliphatic rings. The number of nitrogens with zero attached hydrogens (tertiary/aromatic N) is 3. The molecule has 2 N–H and O–H groups in total. The van der Waals surface area contributed by atoms with Crippen molar-refractivity contribution in [3.8, 4) is 0 Å². The average Bonchev–Trinajstić information content (AvgIpc) is 2.97. The maximum absolute atomic E-state index is 11.8. The van der Waals surface area contributed by atoms with Gasteiger partial charge in [-0.3, -0.25) is 9.89 Å². The highest BCUT2D eigenvalue weighted by Crippen LogP contribution is 2.17. The van der Waals surface area contributed by atoms with Gasteiger partial charge in [0.25, 0.3) is 0 Å². The summed E-state index contributed by atoms with van der Waals surface area (Å²) in [5, 5.41) is 7.11. The van der Waals surface area contributed by atoms with Crippen LogP contribution in [0.3, 0.4) is 0 Å². The molecule has 1 amide bonds. The number of amides is 1. The highest BCUT2D eigenvalue weighted by molar-refractivity contribution is 5.80. The molecule has 0 aliphatic carbocycles. The minimum absolute atomic E-state index is 0.194. The zero-order valence-corrected chi connectivity index (χ0v) is 18.4. The van der Waals surface area contributed by atoms with Crippen molar-refractivity contribution in [3.63, 3.8) is 0 Å². The lowest BCUT2D eigenvalue weighted by atomic mass is 10.0. The summed E-state index contributed by atoms with van der Waals surface area (Å²) >= 11 is 0. The molecular weight excluding hydrogens is 354 g/mol. The summed E-state index contributed by atoms with van der Waals surface area (Å²) in [6.07, 6.45) is 6.99. The Morgan fingerprint density at radius 3 is 2.29 bits per heavy atom. The molecule has 0 aromatic heterocycles. The summed E-state index contributed by atoms with van der Waals surface area (Å²) < 4.78 is 5.10. The van der Waals surface area contributed by atoms with Crippen molar-refractivity contribution in [2.45, 2.75) is 71.4 Å². The van der Waals surface area contributed by atoms with E-state index in [4.69, 9.17) is 4.74 Å². The predicted molar refractivity (Wildman–Crippen MR) is 115 cm³/mol. The van der Waals surface area contributed by atoms with Crippen LogP contribution in [0, 0.1) is 5.92 Å². The number of carbonyl (C=O) groups is 1. The van der Waals surface area contributed by atoms with Crippen LogP contribution < -0.4 is 10.6 Å². The zero-order valence-electron chi connectivity index (χ0n) is 18.4. The Bertz CT molecular complexity index is 481. The second-order valence-corrected chi connectivity index (χ2v) is 8.32. The molecule has 2 fully saturated rings. The Labute approximate surface area is 171 Å². The minimum Gasteiger partial charge on any atom is -0.450 e. The first-order valence-electron chi connectivity index (χ1n) is 11.2. The smallest absolute Gasteiger partial charge is 0.409 e. The van der Waals surface area contributed by atoms with E-state index in [2.05, 4.69) is 34.4 Å². The summed E-state index contributed by atoms with van der Waals surface area (Å²) in [6.45, 7) is 11.7. The van der Waals surface area contributed by atoms with Gasteiger partial charge in [0.15, 0.2) is 5.96 Å². The molecule has 0 spiro atoms. The molecular formula is C21H41N5O2. The molecule has 1 atom stereocenters. The molecule has 0 bridgehead atoms. The normalized spacial score (nSPS) is 21.3. The van der Waals surface area contributed by atoms with Gasteiger partial charge in [-0.05, 0) is 51.6 Å². The first kappa shape index (κ1) is 22.8. The van der Waals surface area contributed by atoms with Crippen LogP contribution in [0.1, 0.15) is 59.3 Å². The van der Waals surface area contributed by atoms with Gasteiger partial charge in [0.2, 0.25) is 0 Å². The standard InChI is InChI=1S/C21H41N5O2/c1-5-28-21(27)26-14-10-18(11-15-26)24-20(22-4)23-16-19(17(2)3)25-12-8-6-7-9-13-25/h17-19H,5-16H2,1-4H3,(H2,22,23,24). The predicted octanol–water partition coefficient (Wildman–Crippen LogP) is 2.67. The molecule has 2 heterocycles. The van der Waals surface area contributed by atoms with Crippen LogP contribution in [0.5, 0.6) is 0 Å². The van der Waals surface area contributed by atoms with Crippen molar-refractivity contribution < 1.29 is 9.53 Å². The SMILES string of the molecule is CCOC(=O)N1CCC(NC(=NC)NCC(C(C)C)N2CCCCCC2)CC1. The van der Waals surface area contributed by atoms with E-state index in [0.29, 0.717) is 24.6 Å². The first-order valence-corrected chi connectivity index (χ1v) is 11.2. The van der Waals surface area contributed by atoms with Crippen molar-refractivity contribution in [3.05, 3.63) is 0 Å². The second kappa shape index (κ2) is 12.1. The summed E-state index contributed by atoms with van der Waals surface area (Å²) in [4.78, 5) is 20.7. The van der Waals surface area contributed by atoms with E-state index in [0.717, 1.165) is 38.4 Å². The number of guanidine groups is 1. The zero-order chi connectivity index (χ0) is 20.4. The van der Waals surface area contributed by atoms with E-state index < -0.39 is 0 Å².